The lowest BCUT2D eigenvalue weighted by molar-refractivity contribution is 0.227. The molecular weight excluding hydrogens is 230 g/mol. The summed E-state index contributed by atoms with van der Waals surface area (Å²) in [6.45, 7) is 3.68. The van der Waals surface area contributed by atoms with Gasteiger partial charge >= 0.3 is 5.63 Å². The molecule has 0 aliphatic heterocycles. The van der Waals surface area contributed by atoms with Crippen molar-refractivity contribution in [1.82, 2.24) is 0 Å². The predicted molar refractivity (Wildman–Crippen MR) is 67.5 cm³/mol. The maximum absolute atomic E-state index is 11.3. The zero-order valence-corrected chi connectivity index (χ0v) is 10.3. The first-order chi connectivity index (χ1) is 8.60. The Labute approximate surface area is 104 Å². The van der Waals surface area contributed by atoms with E-state index in [1.165, 1.54) is 6.07 Å². The fourth-order valence-corrected chi connectivity index (χ4v) is 1.78. The Bertz CT molecular complexity index is 667. The molecule has 1 aromatic carbocycles. The quantitative estimate of drug-likeness (QED) is 0.777. The van der Waals surface area contributed by atoms with E-state index < -0.39 is 0 Å². The number of benzene rings is 1. The van der Waals surface area contributed by atoms with Gasteiger partial charge in [0, 0.05) is 17.5 Å². The number of rotatable bonds is 3. The minimum Gasteiger partial charge on any atom is -0.490 e. The molecule has 1 aromatic heterocycles. The van der Waals surface area contributed by atoms with Crippen LogP contribution in [0.15, 0.2) is 33.5 Å². The largest absolute Gasteiger partial charge is 0.490 e. The lowest BCUT2D eigenvalue weighted by Crippen LogP contribution is -2.10. The van der Waals surface area contributed by atoms with Crippen LogP contribution in [0.1, 0.15) is 18.9 Å². The summed E-state index contributed by atoms with van der Waals surface area (Å²) in [5, 5.41) is 9.45. The summed E-state index contributed by atoms with van der Waals surface area (Å²) in [4.78, 5) is 11.3. The van der Waals surface area contributed by atoms with Crippen molar-refractivity contribution in [1.29, 1.82) is 5.26 Å². The van der Waals surface area contributed by atoms with Gasteiger partial charge in [0.05, 0.1) is 12.5 Å². The lowest BCUT2D eigenvalue weighted by Gasteiger charge is -2.11. The van der Waals surface area contributed by atoms with Gasteiger partial charge in [-0.2, -0.15) is 5.26 Å². The van der Waals surface area contributed by atoms with E-state index >= 15 is 0 Å². The highest BCUT2D eigenvalue weighted by Gasteiger charge is 2.07. The highest BCUT2D eigenvalue weighted by molar-refractivity contribution is 5.81. The number of nitrogens with zero attached hydrogens (tertiary/aromatic N) is 1. The molecule has 0 fully saturated rings. The first-order valence-corrected chi connectivity index (χ1v) is 5.68. The minimum atomic E-state index is -0.373. The Morgan fingerprint density at radius 3 is 2.94 bits per heavy atom. The summed E-state index contributed by atoms with van der Waals surface area (Å²) in [5.74, 6) is 0.596. The van der Waals surface area contributed by atoms with Crippen molar-refractivity contribution in [3.8, 4) is 11.8 Å². The number of hydrogen-bond acceptors (Lipinski definition) is 4. The third-order valence-corrected chi connectivity index (χ3v) is 2.64. The summed E-state index contributed by atoms with van der Waals surface area (Å²) in [7, 11) is 0. The maximum Gasteiger partial charge on any atom is 0.336 e. The average molecular weight is 243 g/mol. The van der Waals surface area contributed by atoms with Gasteiger partial charge in [-0.25, -0.2) is 4.79 Å². The SMILES string of the molecule is Cc1cc(=O)oc2cc(OC(C)CC#N)ccc12. The third kappa shape index (κ3) is 2.51. The Morgan fingerprint density at radius 2 is 2.22 bits per heavy atom. The number of ether oxygens (including phenoxy) is 1. The molecule has 0 aliphatic carbocycles. The van der Waals surface area contributed by atoms with Crippen molar-refractivity contribution < 1.29 is 9.15 Å². The van der Waals surface area contributed by atoms with E-state index in [2.05, 4.69) is 0 Å². The third-order valence-electron chi connectivity index (χ3n) is 2.64. The van der Waals surface area contributed by atoms with Gasteiger partial charge in [-0.3, -0.25) is 0 Å². The molecular formula is C14H13NO3. The summed E-state index contributed by atoms with van der Waals surface area (Å²) in [6, 6.07) is 8.84. The molecule has 0 spiro atoms. The molecule has 0 amide bonds. The van der Waals surface area contributed by atoms with Crippen molar-refractivity contribution in [2.75, 3.05) is 0 Å². The van der Waals surface area contributed by atoms with Crippen LogP contribution in [-0.4, -0.2) is 6.10 Å². The molecule has 1 heterocycles. The Morgan fingerprint density at radius 1 is 1.44 bits per heavy atom. The molecule has 4 heteroatoms. The van der Waals surface area contributed by atoms with Crippen molar-refractivity contribution in [2.24, 2.45) is 0 Å². The molecule has 1 unspecified atom stereocenters. The van der Waals surface area contributed by atoms with Crippen LogP contribution in [0.25, 0.3) is 11.0 Å². The molecule has 2 aromatic rings. The van der Waals surface area contributed by atoms with E-state index in [9.17, 15) is 4.79 Å². The van der Waals surface area contributed by atoms with Crippen molar-refractivity contribution in [3.63, 3.8) is 0 Å². The van der Waals surface area contributed by atoms with Crippen LogP contribution in [0.5, 0.6) is 5.75 Å². The van der Waals surface area contributed by atoms with Gasteiger partial charge in [-0.1, -0.05) is 0 Å². The molecule has 0 aliphatic rings. The molecule has 4 nitrogen and oxygen atoms in total. The van der Waals surface area contributed by atoms with E-state index in [-0.39, 0.29) is 11.7 Å². The fraction of sp³-hybridized carbons (Fsp3) is 0.286. The van der Waals surface area contributed by atoms with Gasteiger partial charge in [0.25, 0.3) is 0 Å². The van der Waals surface area contributed by atoms with E-state index in [1.54, 1.807) is 6.07 Å². The standard InChI is InChI=1S/C14H13NO3/c1-9-7-14(16)18-13-8-11(3-4-12(9)13)17-10(2)5-6-15/h3-4,7-8,10H,5H2,1-2H3. The minimum absolute atomic E-state index is 0.191. The summed E-state index contributed by atoms with van der Waals surface area (Å²) in [5.41, 5.74) is 1.00. The Hall–Kier alpha value is -2.28. The molecule has 0 bridgehead atoms. The van der Waals surface area contributed by atoms with Crippen molar-refractivity contribution in [3.05, 3.63) is 40.2 Å². The highest BCUT2D eigenvalue weighted by atomic mass is 16.5. The summed E-state index contributed by atoms with van der Waals surface area (Å²) >= 11 is 0. The van der Waals surface area contributed by atoms with Crippen LogP contribution in [0.3, 0.4) is 0 Å². The van der Waals surface area contributed by atoms with Gasteiger partial charge in [-0.05, 0) is 31.5 Å². The monoisotopic (exact) mass is 243 g/mol. The zero-order chi connectivity index (χ0) is 13.1. The van der Waals surface area contributed by atoms with Gasteiger partial charge in [0.1, 0.15) is 17.4 Å². The Kier molecular flexibility index (Phi) is 3.33. The van der Waals surface area contributed by atoms with Crippen LogP contribution in [-0.2, 0) is 0 Å². The maximum atomic E-state index is 11.3. The van der Waals surface area contributed by atoms with E-state index in [1.807, 2.05) is 32.0 Å². The molecule has 0 saturated carbocycles. The molecule has 92 valence electrons. The molecule has 2 rings (SSSR count). The van der Waals surface area contributed by atoms with Crippen LogP contribution in [0, 0.1) is 18.3 Å². The van der Waals surface area contributed by atoms with Crippen LogP contribution in [0.4, 0.5) is 0 Å². The smallest absolute Gasteiger partial charge is 0.336 e. The second-order valence-electron chi connectivity index (χ2n) is 4.20. The van der Waals surface area contributed by atoms with E-state index in [4.69, 9.17) is 14.4 Å². The lowest BCUT2D eigenvalue weighted by atomic mass is 10.1. The predicted octanol–water partition coefficient (Wildman–Crippen LogP) is 2.78. The topological polar surface area (TPSA) is 63.2 Å². The molecule has 0 saturated heterocycles. The number of aryl methyl sites for hydroxylation is 1. The van der Waals surface area contributed by atoms with Gasteiger partial charge in [0.2, 0.25) is 0 Å². The van der Waals surface area contributed by atoms with Gasteiger partial charge < -0.3 is 9.15 Å². The van der Waals surface area contributed by atoms with Crippen LogP contribution in [0.2, 0.25) is 0 Å². The first kappa shape index (κ1) is 12.2. The highest BCUT2D eigenvalue weighted by Crippen LogP contribution is 2.23. The second-order valence-corrected chi connectivity index (χ2v) is 4.20. The second kappa shape index (κ2) is 4.92. The van der Waals surface area contributed by atoms with Gasteiger partial charge in [0.15, 0.2) is 0 Å². The van der Waals surface area contributed by atoms with Crippen molar-refractivity contribution >= 4 is 11.0 Å². The van der Waals surface area contributed by atoms with E-state index in [0.717, 1.165) is 10.9 Å². The van der Waals surface area contributed by atoms with E-state index in [0.29, 0.717) is 17.8 Å². The normalized spacial score (nSPS) is 12.1. The molecule has 1 atom stereocenters. The first-order valence-electron chi connectivity index (χ1n) is 5.68. The number of hydrogen-bond donors (Lipinski definition) is 0. The summed E-state index contributed by atoms with van der Waals surface area (Å²) in [6.07, 6.45) is 0.125. The number of nitriles is 1. The van der Waals surface area contributed by atoms with Crippen LogP contribution < -0.4 is 10.4 Å². The Balaban J connectivity index is 2.39. The van der Waals surface area contributed by atoms with Crippen LogP contribution >= 0.6 is 0 Å². The zero-order valence-electron chi connectivity index (χ0n) is 10.3. The number of fused-ring (bicyclic) bond motifs is 1. The molecule has 18 heavy (non-hydrogen) atoms. The molecule has 0 N–H and O–H groups in total. The fourth-order valence-electron chi connectivity index (χ4n) is 1.78. The summed E-state index contributed by atoms with van der Waals surface area (Å²) < 4.78 is 10.7. The average Bonchev–Trinajstić information content (AvgIpc) is 2.28. The van der Waals surface area contributed by atoms with Crippen molar-refractivity contribution in [2.45, 2.75) is 26.4 Å². The van der Waals surface area contributed by atoms with Gasteiger partial charge in [-0.15, -0.1) is 0 Å². The molecule has 0 radical (unpaired) electrons.